The number of pyridine rings is 1. The number of hydrogen-bond acceptors (Lipinski definition) is 8. The molecule has 3 aromatic heterocycles. The molecule has 1 atom stereocenters. The van der Waals surface area contributed by atoms with Gasteiger partial charge in [0.15, 0.2) is 0 Å². The lowest BCUT2D eigenvalue weighted by Gasteiger charge is -2.42. The molecule has 148 valence electrons. The van der Waals surface area contributed by atoms with Crippen LogP contribution in [-0.4, -0.2) is 38.0 Å². The Labute approximate surface area is 174 Å². The van der Waals surface area contributed by atoms with E-state index in [4.69, 9.17) is 5.73 Å². The summed E-state index contributed by atoms with van der Waals surface area (Å²) in [5, 5.41) is 0.848. The van der Waals surface area contributed by atoms with Crippen LogP contribution in [0.5, 0.6) is 0 Å². The molecule has 0 amide bonds. The number of rotatable bonds is 3. The van der Waals surface area contributed by atoms with Crippen molar-refractivity contribution in [3.63, 3.8) is 0 Å². The number of fused-ring (bicyclic) bond motifs is 1. The van der Waals surface area contributed by atoms with Crippen LogP contribution in [0.15, 0.2) is 53.3 Å². The summed E-state index contributed by atoms with van der Waals surface area (Å²) in [7, 11) is 0. The number of piperidine rings is 1. The summed E-state index contributed by atoms with van der Waals surface area (Å²) in [4.78, 5) is 25.2. The highest BCUT2D eigenvalue weighted by Crippen LogP contribution is 2.50. The zero-order valence-electron chi connectivity index (χ0n) is 16.3. The molecular formula is C21H23N7S. The van der Waals surface area contributed by atoms with Gasteiger partial charge >= 0.3 is 0 Å². The van der Waals surface area contributed by atoms with Gasteiger partial charge in [-0.05, 0) is 48.8 Å². The topological polar surface area (TPSA) is 93.7 Å². The molecule has 29 heavy (non-hydrogen) atoms. The van der Waals surface area contributed by atoms with Gasteiger partial charge in [-0.15, -0.1) is 0 Å². The van der Waals surface area contributed by atoms with Gasteiger partial charge in [0.1, 0.15) is 17.2 Å². The third-order valence-corrected chi connectivity index (χ3v) is 7.30. The van der Waals surface area contributed by atoms with E-state index < -0.39 is 0 Å². The Balaban J connectivity index is 1.25. The van der Waals surface area contributed by atoms with Crippen LogP contribution in [0.3, 0.4) is 0 Å². The molecule has 1 aliphatic carbocycles. The lowest BCUT2D eigenvalue weighted by Crippen LogP contribution is -2.44. The molecule has 7 nitrogen and oxygen atoms in total. The molecular weight excluding hydrogens is 382 g/mol. The Morgan fingerprint density at radius 1 is 1.07 bits per heavy atom. The maximum atomic E-state index is 6.65. The minimum atomic E-state index is 0.0783. The Bertz CT molecular complexity index is 1020. The SMILES string of the molecule is Cc1ncncc1Sc1cnc(N2CCC3(CC2)Cc2ccncc2[C@H]3N)cn1. The van der Waals surface area contributed by atoms with E-state index in [0.717, 1.165) is 53.8 Å². The maximum Gasteiger partial charge on any atom is 0.147 e. The molecule has 2 aliphatic rings. The lowest BCUT2D eigenvalue weighted by molar-refractivity contribution is 0.187. The van der Waals surface area contributed by atoms with Crippen LogP contribution < -0.4 is 10.6 Å². The standard InChI is InChI=1S/C21H23N7S/c1-14-17(10-24-13-27-14)29-19-12-25-18(11-26-19)28-6-3-21(4-7-28)8-15-2-5-23-9-16(15)20(21)22/h2,5,9-13,20H,3-4,6-8,22H2,1H3/t20-/m1/s1. The van der Waals surface area contributed by atoms with Gasteiger partial charge in [0.25, 0.3) is 0 Å². The molecule has 5 rings (SSSR count). The van der Waals surface area contributed by atoms with E-state index in [-0.39, 0.29) is 11.5 Å². The molecule has 3 aromatic rings. The molecule has 0 saturated carbocycles. The highest BCUT2D eigenvalue weighted by molar-refractivity contribution is 7.99. The first kappa shape index (κ1) is 18.4. The predicted molar refractivity (Wildman–Crippen MR) is 112 cm³/mol. The fourth-order valence-electron chi connectivity index (χ4n) is 4.48. The molecule has 8 heteroatoms. The van der Waals surface area contributed by atoms with Gasteiger partial charge in [0.05, 0.1) is 23.0 Å². The van der Waals surface area contributed by atoms with Crippen LogP contribution >= 0.6 is 11.8 Å². The maximum absolute atomic E-state index is 6.65. The van der Waals surface area contributed by atoms with Crippen LogP contribution in [0.2, 0.25) is 0 Å². The number of anilines is 1. The second-order valence-electron chi connectivity index (χ2n) is 7.87. The monoisotopic (exact) mass is 405 g/mol. The third kappa shape index (κ3) is 3.36. The summed E-state index contributed by atoms with van der Waals surface area (Å²) in [6.07, 6.45) is 14.1. The van der Waals surface area contributed by atoms with Crippen LogP contribution in [0.4, 0.5) is 5.82 Å². The normalized spacial score (nSPS) is 20.1. The number of aromatic nitrogens is 5. The fourth-order valence-corrected chi connectivity index (χ4v) is 5.23. The number of nitrogens with two attached hydrogens (primary N) is 1. The summed E-state index contributed by atoms with van der Waals surface area (Å²) in [6, 6.07) is 2.20. The molecule has 4 heterocycles. The molecule has 0 radical (unpaired) electrons. The first-order chi connectivity index (χ1) is 14.1. The van der Waals surface area contributed by atoms with E-state index in [9.17, 15) is 0 Å². The van der Waals surface area contributed by atoms with Gasteiger partial charge in [-0.25, -0.2) is 19.9 Å². The average Bonchev–Trinajstić information content (AvgIpc) is 3.03. The van der Waals surface area contributed by atoms with Crippen molar-refractivity contribution >= 4 is 17.6 Å². The highest BCUT2D eigenvalue weighted by Gasteiger charge is 2.46. The van der Waals surface area contributed by atoms with Crippen molar-refractivity contribution in [1.82, 2.24) is 24.9 Å². The first-order valence-electron chi connectivity index (χ1n) is 9.84. The summed E-state index contributed by atoms with van der Waals surface area (Å²) in [5.41, 5.74) is 10.3. The van der Waals surface area contributed by atoms with Crippen molar-refractivity contribution in [2.24, 2.45) is 11.1 Å². The van der Waals surface area contributed by atoms with Gasteiger partial charge in [-0.2, -0.15) is 0 Å². The number of hydrogen-bond donors (Lipinski definition) is 1. The van der Waals surface area contributed by atoms with Crippen molar-refractivity contribution in [3.8, 4) is 0 Å². The smallest absolute Gasteiger partial charge is 0.147 e. The second kappa shape index (κ2) is 7.35. The van der Waals surface area contributed by atoms with Crippen LogP contribution in [0, 0.1) is 12.3 Å². The van der Waals surface area contributed by atoms with Crippen LogP contribution in [0.1, 0.15) is 35.7 Å². The van der Waals surface area contributed by atoms with E-state index in [1.54, 1.807) is 6.33 Å². The van der Waals surface area contributed by atoms with Crippen molar-refractivity contribution in [2.75, 3.05) is 18.0 Å². The largest absolute Gasteiger partial charge is 0.355 e. The quantitative estimate of drug-likeness (QED) is 0.711. The summed E-state index contributed by atoms with van der Waals surface area (Å²) >= 11 is 1.54. The van der Waals surface area contributed by atoms with Gasteiger partial charge in [-0.3, -0.25) is 4.98 Å². The van der Waals surface area contributed by atoms with E-state index in [0.29, 0.717) is 0 Å². The Morgan fingerprint density at radius 3 is 2.66 bits per heavy atom. The molecule has 0 aromatic carbocycles. The second-order valence-corrected chi connectivity index (χ2v) is 8.93. The van der Waals surface area contributed by atoms with Gasteiger partial charge in [0.2, 0.25) is 0 Å². The van der Waals surface area contributed by atoms with E-state index >= 15 is 0 Å². The van der Waals surface area contributed by atoms with Crippen molar-refractivity contribution in [2.45, 2.75) is 42.1 Å². The Kier molecular flexibility index (Phi) is 4.67. The van der Waals surface area contributed by atoms with Crippen molar-refractivity contribution < 1.29 is 0 Å². The molecule has 0 unspecified atom stereocenters. The van der Waals surface area contributed by atoms with Crippen molar-refractivity contribution in [3.05, 3.63) is 60.2 Å². The molecule has 1 spiro atoms. The van der Waals surface area contributed by atoms with E-state index in [2.05, 4.69) is 35.9 Å². The fraction of sp³-hybridized carbons (Fsp3) is 0.381. The van der Waals surface area contributed by atoms with Crippen molar-refractivity contribution in [1.29, 1.82) is 0 Å². The first-order valence-corrected chi connectivity index (χ1v) is 10.7. The molecule has 0 bridgehead atoms. The third-order valence-electron chi connectivity index (χ3n) is 6.26. The van der Waals surface area contributed by atoms with E-state index in [1.807, 2.05) is 37.9 Å². The predicted octanol–water partition coefficient (Wildman–Crippen LogP) is 2.96. The zero-order valence-corrected chi connectivity index (χ0v) is 17.1. The average molecular weight is 406 g/mol. The Morgan fingerprint density at radius 2 is 1.93 bits per heavy atom. The minimum absolute atomic E-state index is 0.0783. The summed E-state index contributed by atoms with van der Waals surface area (Å²) < 4.78 is 0. The van der Waals surface area contributed by atoms with Crippen LogP contribution in [-0.2, 0) is 6.42 Å². The molecule has 1 aliphatic heterocycles. The lowest BCUT2D eigenvalue weighted by atomic mass is 9.73. The summed E-state index contributed by atoms with van der Waals surface area (Å²) in [5.74, 6) is 0.927. The molecule has 1 fully saturated rings. The van der Waals surface area contributed by atoms with Crippen LogP contribution in [0.25, 0.3) is 0 Å². The Hall–Kier alpha value is -2.58. The number of aryl methyl sites for hydroxylation is 1. The van der Waals surface area contributed by atoms with Gasteiger partial charge < -0.3 is 10.6 Å². The minimum Gasteiger partial charge on any atom is -0.355 e. The van der Waals surface area contributed by atoms with Gasteiger partial charge in [-0.1, -0.05) is 11.8 Å². The van der Waals surface area contributed by atoms with E-state index in [1.165, 1.54) is 22.9 Å². The highest BCUT2D eigenvalue weighted by atomic mass is 32.2. The molecule has 2 N–H and O–H groups in total. The number of nitrogens with zero attached hydrogens (tertiary/aromatic N) is 6. The zero-order chi connectivity index (χ0) is 19.8. The summed E-state index contributed by atoms with van der Waals surface area (Å²) in [6.45, 7) is 3.86. The van der Waals surface area contributed by atoms with Gasteiger partial charge in [0, 0.05) is 37.7 Å². The molecule has 1 saturated heterocycles.